The summed E-state index contributed by atoms with van der Waals surface area (Å²) in [5.74, 6) is -0.282. The van der Waals surface area contributed by atoms with Gasteiger partial charge in [-0.25, -0.2) is 9.37 Å². The summed E-state index contributed by atoms with van der Waals surface area (Å²) in [5.41, 5.74) is 2.01. The lowest BCUT2D eigenvalue weighted by atomic mass is 10.1. The quantitative estimate of drug-likeness (QED) is 0.899. The van der Waals surface area contributed by atoms with Gasteiger partial charge in [0.15, 0.2) is 5.82 Å². The van der Waals surface area contributed by atoms with E-state index >= 15 is 0 Å². The maximum Gasteiger partial charge on any atom is 0.289 e. The number of hydrogen-bond donors (Lipinski definition) is 1. The molecule has 1 aromatic carbocycles. The molecule has 0 bridgehead atoms. The molecule has 0 radical (unpaired) electrons. The Morgan fingerprint density at radius 2 is 1.74 bits per heavy atom. The van der Waals surface area contributed by atoms with Gasteiger partial charge in [-0.3, -0.25) is 9.59 Å². The van der Waals surface area contributed by atoms with Crippen molar-refractivity contribution in [1.82, 2.24) is 19.8 Å². The van der Waals surface area contributed by atoms with Crippen molar-refractivity contribution in [2.45, 2.75) is 45.2 Å². The lowest BCUT2D eigenvalue weighted by molar-refractivity contribution is 0.0774. The van der Waals surface area contributed by atoms with Crippen LogP contribution in [0.2, 0.25) is 0 Å². The van der Waals surface area contributed by atoms with Gasteiger partial charge in [-0.2, -0.15) is 0 Å². The van der Waals surface area contributed by atoms with Gasteiger partial charge in [0.1, 0.15) is 11.5 Å². The van der Waals surface area contributed by atoms with Crippen LogP contribution < -0.4 is 5.32 Å². The summed E-state index contributed by atoms with van der Waals surface area (Å²) in [6.45, 7) is 2.53. The normalized spacial score (nSPS) is 16.3. The lowest BCUT2D eigenvalue weighted by Gasteiger charge is -2.19. The number of nitrogens with zero attached hydrogens (tertiary/aromatic N) is 3. The van der Waals surface area contributed by atoms with Gasteiger partial charge in [0.2, 0.25) is 0 Å². The molecule has 0 atom stereocenters. The molecule has 7 heteroatoms. The topological polar surface area (TPSA) is 67.2 Å². The van der Waals surface area contributed by atoms with Gasteiger partial charge in [-0.05, 0) is 49.8 Å². The van der Waals surface area contributed by atoms with Crippen LogP contribution >= 0.6 is 0 Å². The van der Waals surface area contributed by atoms with Crippen molar-refractivity contribution in [1.29, 1.82) is 0 Å². The van der Waals surface area contributed by atoms with E-state index in [9.17, 15) is 14.0 Å². The molecule has 3 heterocycles. The minimum Gasteiger partial charge on any atom is -0.347 e. The van der Waals surface area contributed by atoms with E-state index in [0.717, 1.165) is 63.0 Å². The van der Waals surface area contributed by atoms with Crippen LogP contribution in [-0.4, -0.2) is 39.4 Å². The number of carbonyl (C=O) groups excluding carboxylic acids is 2. The van der Waals surface area contributed by atoms with Crippen molar-refractivity contribution >= 4 is 11.8 Å². The lowest BCUT2D eigenvalue weighted by Crippen LogP contribution is -2.31. The molecular formula is C20H23FN4O2. The van der Waals surface area contributed by atoms with E-state index < -0.39 is 0 Å². The van der Waals surface area contributed by atoms with Gasteiger partial charge in [0.25, 0.3) is 11.8 Å². The van der Waals surface area contributed by atoms with Crippen molar-refractivity contribution < 1.29 is 14.0 Å². The minimum absolute atomic E-state index is 0.0757. The highest BCUT2D eigenvalue weighted by molar-refractivity contribution is 5.97. The molecule has 1 aromatic heterocycles. The van der Waals surface area contributed by atoms with Crippen LogP contribution in [0.25, 0.3) is 0 Å². The Hall–Kier alpha value is -2.70. The first-order chi connectivity index (χ1) is 13.1. The molecule has 2 aliphatic rings. The molecule has 27 heavy (non-hydrogen) atoms. The fourth-order valence-electron chi connectivity index (χ4n) is 3.82. The van der Waals surface area contributed by atoms with E-state index in [0.29, 0.717) is 18.1 Å². The number of imidazole rings is 1. The van der Waals surface area contributed by atoms with Crippen molar-refractivity contribution in [3.8, 4) is 0 Å². The Bertz CT molecular complexity index is 854. The largest absolute Gasteiger partial charge is 0.347 e. The second-order valence-electron chi connectivity index (χ2n) is 7.15. The number of likely N-dealkylation sites (tertiary alicyclic amines) is 1. The summed E-state index contributed by atoms with van der Waals surface area (Å²) in [4.78, 5) is 31.9. The first-order valence-corrected chi connectivity index (χ1v) is 9.55. The number of carbonyl (C=O) groups is 2. The van der Waals surface area contributed by atoms with Gasteiger partial charge >= 0.3 is 0 Å². The van der Waals surface area contributed by atoms with E-state index in [1.165, 1.54) is 12.1 Å². The molecule has 4 rings (SSSR count). The monoisotopic (exact) mass is 370 g/mol. The third-order valence-electron chi connectivity index (χ3n) is 5.28. The molecule has 142 valence electrons. The van der Waals surface area contributed by atoms with Crippen LogP contribution in [0, 0.1) is 5.82 Å². The van der Waals surface area contributed by atoms with E-state index in [4.69, 9.17) is 0 Å². The standard InChI is InChI=1S/C20H23FN4O2/c21-15-8-6-14(7-9-15)13-22-19(26)17-16-5-1-2-12-25(16)18(23-17)20(27)24-10-3-4-11-24/h6-9H,1-5,10-13H2,(H,22,26). The van der Waals surface area contributed by atoms with E-state index in [1.807, 2.05) is 9.47 Å². The predicted octanol–water partition coefficient (Wildman–Crippen LogP) is 2.52. The van der Waals surface area contributed by atoms with Crippen LogP contribution in [0.15, 0.2) is 24.3 Å². The number of rotatable bonds is 4. The summed E-state index contributed by atoms with van der Waals surface area (Å²) < 4.78 is 14.9. The molecule has 0 spiro atoms. The Balaban J connectivity index is 1.55. The molecule has 0 saturated carbocycles. The Morgan fingerprint density at radius 1 is 1.04 bits per heavy atom. The first kappa shape index (κ1) is 17.7. The average molecular weight is 370 g/mol. The van der Waals surface area contributed by atoms with Crippen LogP contribution in [0.4, 0.5) is 4.39 Å². The highest BCUT2D eigenvalue weighted by Gasteiger charge is 2.30. The summed E-state index contributed by atoms with van der Waals surface area (Å²) in [6.07, 6.45) is 4.76. The molecule has 6 nitrogen and oxygen atoms in total. The summed E-state index contributed by atoms with van der Waals surface area (Å²) in [6, 6.07) is 6.01. The first-order valence-electron chi connectivity index (χ1n) is 9.55. The van der Waals surface area contributed by atoms with Crippen LogP contribution in [0.3, 0.4) is 0 Å². The average Bonchev–Trinajstić information content (AvgIpc) is 3.35. The zero-order valence-corrected chi connectivity index (χ0v) is 15.2. The molecule has 2 aliphatic heterocycles. The number of fused-ring (bicyclic) bond motifs is 1. The van der Waals surface area contributed by atoms with Gasteiger partial charge < -0.3 is 14.8 Å². The molecular weight excluding hydrogens is 347 g/mol. The SMILES string of the molecule is O=C(NCc1ccc(F)cc1)c1nc(C(=O)N2CCCC2)n2c1CCCC2. The molecule has 1 N–H and O–H groups in total. The van der Waals surface area contributed by atoms with Crippen LogP contribution in [-0.2, 0) is 19.5 Å². The van der Waals surface area contributed by atoms with Gasteiger partial charge in [-0.1, -0.05) is 12.1 Å². The van der Waals surface area contributed by atoms with Crippen molar-refractivity contribution in [3.05, 3.63) is 52.9 Å². The van der Waals surface area contributed by atoms with Gasteiger partial charge in [-0.15, -0.1) is 0 Å². The number of halogens is 1. The molecule has 0 aliphatic carbocycles. The van der Waals surface area contributed by atoms with Crippen LogP contribution in [0.5, 0.6) is 0 Å². The van der Waals surface area contributed by atoms with Crippen molar-refractivity contribution in [2.75, 3.05) is 13.1 Å². The fraction of sp³-hybridized carbons (Fsp3) is 0.450. The predicted molar refractivity (Wildman–Crippen MR) is 97.9 cm³/mol. The summed E-state index contributed by atoms with van der Waals surface area (Å²) in [5, 5.41) is 2.84. The van der Waals surface area contributed by atoms with Gasteiger partial charge in [0.05, 0.1) is 5.69 Å². The third kappa shape index (κ3) is 3.59. The van der Waals surface area contributed by atoms with Crippen LogP contribution in [0.1, 0.15) is 58.0 Å². The Morgan fingerprint density at radius 3 is 2.48 bits per heavy atom. The van der Waals surface area contributed by atoms with E-state index in [-0.39, 0.29) is 17.6 Å². The number of amides is 2. The Kier molecular flexibility index (Phi) is 4.92. The molecule has 1 saturated heterocycles. The Labute approximate surface area is 157 Å². The summed E-state index contributed by atoms with van der Waals surface area (Å²) in [7, 11) is 0. The number of benzene rings is 1. The maximum absolute atomic E-state index is 13.0. The van der Waals surface area contributed by atoms with Gasteiger partial charge in [0, 0.05) is 26.2 Å². The van der Waals surface area contributed by atoms with Crippen molar-refractivity contribution in [3.63, 3.8) is 0 Å². The highest BCUT2D eigenvalue weighted by atomic mass is 19.1. The van der Waals surface area contributed by atoms with Crippen molar-refractivity contribution in [2.24, 2.45) is 0 Å². The second kappa shape index (κ2) is 7.50. The fourth-order valence-corrected chi connectivity index (χ4v) is 3.82. The zero-order chi connectivity index (χ0) is 18.8. The highest BCUT2D eigenvalue weighted by Crippen LogP contribution is 2.23. The molecule has 1 fully saturated rings. The summed E-state index contributed by atoms with van der Waals surface area (Å²) >= 11 is 0. The molecule has 0 unspecified atom stereocenters. The smallest absolute Gasteiger partial charge is 0.289 e. The maximum atomic E-state index is 13.0. The molecule has 2 amide bonds. The molecule has 2 aromatic rings. The number of hydrogen-bond acceptors (Lipinski definition) is 3. The minimum atomic E-state index is -0.307. The zero-order valence-electron chi connectivity index (χ0n) is 15.2. The number of aromatic nitrogens is 2. The number of nitrogens with one attached hydrogen (secondary N) is 1. The second-order valence-corrected chi connectivity index (χ2v) is 7.15. The third-order valence-corrected chi connectivity index (χ3v) is 5.28. The van der Waals surface area contributed by atoms with E-state index in [2.05, 4.69) is 10.3 Å². The van der Waals surface area contributed by atoms with E-state index in [1.54, 1.807) is 12.1 Å².